The van der Waals surface area contributed by atoms with E-state index in [2.05, 4.69) is 42.5 Å². The van der Waals surface area contributed by atoms with Gasteiger partial charge in [0.05, 0.1) is 8.66 Å². The first-order valence-corrected chi connectivity index (χ1v) is 8.56. The third-order valence-electron chi connectivity index (χ3n) is 2.59. The first-order valence-electron chi connectivity index (χ1n) is 6.15. The van der Waals surface area contributed by atoms with Gasteiger partial charge >= 0.3 is 0 Å². The van der Waals surface area contributed by atoms with Crippen molar-refractivity contribution in [2.45, 2.75) is 6.92 Å². The Morgan fingerprint density at radius 1 is 1.19 bits per heavy atom. The van der Waals surface area contributed by atoms with Gasteiger partial charge in [0.2, 0.25) is 0 Å². The normalized spacial score (nSPS) is 10.2. The molecule has 0 fully saturated rings. The summed E-state index contributed by atoms with van der Waals surface area (Å²) in [6.07, 6.45) is 0. The van der Waals surface area contributed by atoms with Crippen LogP contribution in [0.3, 0.4) is 0 Å². The van der Waals surface area contributed by atoms with Crippen LogP contribution in [0.15, 0.2) is 38.6 Å². The molecule has 0 saturated heterocycles. The Morgan fingerprint density at radius 2 is 1.95 bits per heavy atom. The molecule has 1 heterocycles. The second-order valence-corrected chi connectivity index (χ2v) is 7.35. The Kier molecular flexibility index (Phi) is 5.55. The van der Waals surface area contributed by atoms with Crippen molar-refractivity contribution in [1.29, 1.82) is 0 Å². The number of rotatable bonds is 4. The zero-order chi connectivity index (χ0) is 15.4. The van der Waals surface area contributed by atoms with Gasteiger partial charge in [0, 0.05) is 22.3 Å². The zero-order valence-corrected chi connectivity index (χ0v) is 15.1. The fourth-order valence-electron chi connectivity index (χ4n) is 1.65. The Morgan fingerprint density at radius 3 is 2.57 bits per heavy atom. The molecule has 0 spiro atoms. The summed E-state index contributed by atoms with van der Waals surface area (Å²) < 4.78 is 1.71. The van der Waals surface area contributed by atoms with E-state index in [9.17, 15) is 9.59 Å². The maximum atomic E-state index is 12.1. The number of thiophene rings is 1. The van der Waals surface area contributed by atoms with Crippen LogP contribution in [0.4, 0.5) is 5.69 Å². The van der Waals surface area contributed by atoms with Crippen LogP contribution >= 0.6 is 43.2 Å². The molecule has 2 N–H and O–H groups in total. The predicted molar refractivity (Wildman–Crippen MR) is 92.1 cm³/mol. The highest BCUT2D eigenvalue weighted by Gasteiger charge is 2.13. The van der Waals surface area contributed by atoms with Crippen LogP contribution in [0.5, 0.6) is 0 Å². The smallest absolute Gasteiger partial charge is 0.265 e. The van der Waals surface area contributed by atoms with Gasteiger partial charge in [-0.15, -0.1) is 11.3 Å². The van der Waals surface area contributed by atoms with Crippen molar-refractivity contribution in [2.24, 2.45) is 0 Å². The van der Waals surface area contributed by atoms with Crippen molar-refractivity contribution in [3.05, 3.63) is 49.0 Å². The lowest BCUT2D eigenvalue weighted by atomic mass is 10.2. The molecule has 4 nitrogen and oxygen atoms in total. The minimum Gasteiger partial charge on any atom is -0.352 e. The number of hydrogen-bond donors (Lipinski definition) is 2. The van der Waals surface area contributed by atoms with E-state index in [0.29, 0.717) is 22.7 Å². The van der Waals surface area contributed by atoms with Crippen molar-refractivity contribution in [3.63, 3.8) is 0 Å². The fraction of sp³-hybridized carbons (Fsp3) is 0.143. The van der Waals surface area contributed by atoms with E-state index >= 15 is 0 Å². The lowest BCUT2D eigenvalue weighted by molar-refractivity contribution is 0.0954. The minimum atomic E-state index is -0.209. The lowest BCUT2D eigenvalue weighted by Crippen LogP contribution is -2.22. The number of amides is 2. The molecule has 0 radical (unpaired) electrons. The van der Waals surface area contributed by atoms with Crippen LogP contribution in [-0.2, 0) is 0 Å². The summed E-state index contributed by atoms with van der Waals surface area (Å²) >= 11 is 8.04. The molecule has 21 heavy (non-hydrogen) atoms. The molecule has 0 atom stereocenters. The minimum absolute atomic E-state index is 0.157. The lowest BCUT2D eigenvalue weighted by Gasteiger charge is -2.06. The number of nitrogens with one attached hydrogen (secondary N) is 2. The maximum Gasteiger partial charge on any atom is 0.265 e. The summed E-state index contributed by atoms with van der Waals surface area (Å²) in [6, 6.07) is 8.59. The van der Waals surface area contributed by atoms with Gasteiger partial charge in [-0.2, -0.15) is 0 Å². The summed E-state index contributed by atoms with van der Waals surface area (Å²) in [5.74, 6) is -0.366. The highest BCUT2D eigenvalue weighted by Crippen LogP contribution is 2.32. The van der Waals surface area contributed by atoms with E-state index in [0.717, 1.165) is 8.26 Å². The van der Waals surface area contributed by atoms with Crippen molar-refractivity contribution in [1.82, 2.24) is 5.32 Å². The number of anilines is 1. The zero-order valence-electron chi connectivity index (χ0n) is 11.1. The van der Waals surface area contributed by atoms with Gasteiger partial charge < -0.3 is 10.6 Å². The van der Waals surface area contributed by atoms with Crippen LogP contribution in [-0.4, -0.2) is 18.4 Å². The van der Waals surface area contributed by atoms with Gasteiger partial charge in [0.15, 0.2) is 0 Å². The first-order chi connectivity index (χ1) is 10.0. The third kappa shape index (κ3) is 4.15. The molecule has 0 aliphatic carbocycles. The van der Waals surface area contributed by atoms with Crippen LogP contribution in [0.25, 0.3) is 0 Å². The second kappa shape index (κ2) is 7.20. The number of hydrogen-bond acceptors (Lipinski definition) is 3. The highest BCUT2D eigenvalue weighted by atomic mass is 79.9. The molecule has 0 unspecified atom stereocenters. The molecule has 0 bridgehead atoms. The third-order valence-corrected chi connectivity index (χ3v) is 5.84. The van der Waals surface area contributed by atoms with E-state index in [1.807, 2.05) is 6.92 Å². The molecule has 2 aromatic rings. The van der Waals surface area contributed by atoms with Crippen LogP contribution in [0, 0.1) is 0 Å². The van der Waals surface area contributed by atoms with E-state index in [1.165, 1.54) is 11.3 Å². The molecule has 2 amide bonds. The molecule has 110 valence electrons. The van der Waals surface area contributed by atoms with Gasteiger partial charge in [0.1, 0.15) is 0 Å². The van der Waals surface area contributed by atoms with Crippen LogP contribution in [0.1, 0.15) is 27.0 Å². The van der Waals surface area contributed by atoms with Crippen LogP contribution in [0.2, 0.25) is 0 Å². The highest BCUT2D eigenvalue weighted by molar-refractivity contribution is 9.13. The average molecular weight is 432 g/mol. The summed E-state index contributed by atoms with van der Waals surface area (Å²) in [5.41, 5.74) is 1.10. The van der Waals surface area contributed by atoms with E-state index < -0.39 is 0 Å². The summed E-state index contributed by atoms with van der Waals surface area (Å²) in [6.45, 7) is 2.42. The van der Waals surface area contributed by atoms with Crippen molar-refractivity contribution in [2.75, 3.05) is 11.9 Å². The van der Waals surface area contributed by atoms with Gasteiger partial charge in [-0.25, -0.2) is 0 Å². The largest absolute Gasteiger partial charge is 0.352 e. The molecular weight excluding hydrogens is 420 g/mol. The molecule has 1 aromatic heterocycles. The first kappa shape index (κ1) is 16.2. The monoisotopic (exact) mass is 430 g/mol. The number of carbonyl (C=O) groups is 2. The van der Waals surface area contributed by atoms with Gasteiger partial charge in [-0.3, -0.25) is 9.59 Å². The van der Waals surface area contributed by atoms with Crippen molar-refractivity contribution >= 4 is 60.7 Å². The SMILES string of the molecule is CCNC(=O)c1cccc(NC(=O)c2cc(Br)c(Br)s2)c1. The summed E-state index contributed by atoms with van der Waals surface area (Å²) in [7, 11) is 0. The van der Waals surface area contributed by atoms with Gasteiger partial charge in [-0.1, -0.05) is 6.07 Å². The second-order valence-electron chi connectivity index (χ2n) is 4.13. The predicted octanol–water partition coefficient (Wildman–Crippen LogP) is 4.28. The van der Waals surface area contributed by atoms with Crippen molar-refractivity contribution < 1.29 is 9.59 Å². The van der Waals surface area contributed by atoms with Gasteiger partial charge in [0.25, 0.3) is 11.8 Å². The standard InChI is InChI=1S/C14H12Br2N2O2S/c1-2-17-13(19)8-4-3-5-9(6-8)18-14(20)11-7-10(15)12(16)21-11/h3-7H,2H2,1H3,(H,17,19)(H,18,20). The fourth-order valence-corrected chi connectivity index (χ4v) is 3.58. The average Bonchev–Trinajstić information content (AvgIpc) is 2.79. The number of benzene rings is 1. The Bertz CT molecular complexity index is 666. The Labute approximate surface area is 143 Å². The Balaban J connectivity index is 2.14. The molecule has 1 aromatic carbocycles. The topological polar surface area (TPSA) is 58.2 Å². The number of carbonyl (C=O) groups excluding carboxylic acids is 2. The van der Waals surface area contributed by atoms with Crippen molar-refractivity contribution in [3.8, 4) is 0 Å². The molecular formula is C14H12Br2N2O2S. The number of halogens is 2. The molecule has 0 saturated carbocycles. The quantitative estimate of drug-likeness (QED) is 0.759. The molecule has 7 heteroatoms. The maximum absolute atomic E-state index is 12.1. The molecule has 0 aliphatic heterocycles. The Hall–Kier alpha value is -1.18. The summed E-state index contributed by atoms with van der Waals surface area (Å²) in [5, 5.41) is 5.51. The van der Waals surface area contributed by atoms with E-state index in [-0.39, 0.29) is 11.8 Å². The van der Waals surface area contributed by atoms with Gasteiger partial charge in [-0.05, 0) is 63.0 Å². The van der Waals surface area contributed by atoms with E-state index in [4.69, 9.17) is 0 Å². The molecule has 0 aliphatic rings. The molecule has 2 rings (SSSR count). The van der Waals surface area contributed by atoms with E-state index in [1.54, 1.807) is 30.3 Å². The van der Waals surface area contributed by atoms with Crippen LogP contribution < -0.4 is 10.6 Å². The summed E-state index contributed by atoms with van der Waals surface area (Å²) in [4.78, 5) is 24.5.